The van der Waals surface area contributed by atoms with Crippen molar-refractivity contribution in [2.45, 2.75) is 38.6 Å². The zero-order valence-electron chi connectivity index (χ0n) is 12.2. The summed E-state index contributed by atoms with van der Waals surface area (Å²) in [6.07, 6.45) is 0.804. The summed E-state index contributed by atoms with van der Waals surface area (Å²) < 4.78 is 5.71. The van der Waals surface area contributed by atoms with Gasteiger partial charge in [0, 0.05) is 6.42 Å². The van der Waals surface area contributed by atoms with Gasteiger partial charge in [-0.2, -0.15) is 0 Å². The number of hydrogen-bond acceptors (Lipinski definition) is 4. The molecular formula is C16H18N2O3. The summed E-state index contributed by atoms with van der Waals surface area (Å²) >= 11 is 0. The minimum atomic E-state index is -0.443. The van der Waals surface area contributed by atoms with Gasteiger partial charge in [0.2, 0.25) is 11.8 Å². The molecule has 5 nitrogen and oxygen atoms in total. The molecule has 1 N–H and O–H groups in total. The Morgan fingerprint density at radius 3 is 2.81 bits per heavy atom. The van der Waals surface area contributed by atoms with Gasteiger partial charge >= 0.3 is 0 Å². The van der Waals surface area contributed by atoms with Crippen LogP contribution in [0.4, 0.5) is 5.69 Å². The number of hydrogen-bond donors (Lipinski definition) is 1. The van der Waals surface area contributed by atoms with Gasteiger partial charge in [-0.25, -0.2) is 0 Å². The van der Waals surface area contributed by atoms with Crippen LogP contribution in [0.3, 0.4) is 0 Å². The molecule has 0 radical (unpaired) electrons. The second-order valence-electron chi connectivity index (χ2n) is 5.71. The Bertz CT molecular complexity index is 636. The second-order valence-corrected chi connectivity index (χ2v) is 5.71. The van der Waals surface area contributed by atoms with Crippen LogP contribution < -0.4 is 15.0 Å². The van der Waals surface area contributed by atoms with Crippen LogP contribution in [-0.4, -0.2) is 17.9 Å². The number of rotatable bonds is 2. The third-order valence-corrected chi connectivity index (χ3v) is 3.93. The summed E-state index contributed by atoms with van der Waals surface area (Å²) in [6.45, 7) is 8.12. The molecule has 1 unspecified atom stereocenters. The number of anilines is 1. The fraction of sp³-hybridized carbons (Fsp3) is 0.375. The van der Waals surface area contributed by atoms with Gasteiger partial charge in [0.1, 0.15) is 6.04 Å². The Labute approximate surface area is 123 Å². The third-order valence-electron chi connectivity index (χ3n) is 3.93. The molecule has 1 atom stereocenters. The number of piperidine rings is 1. The van der Waals surface area contributed by atoms with Crippen molar-refractivity contribution < 1.29 is 14.3 Å². The largest absolute Gasteiger partial charge is 0.439 e. The molecule has 0 bridgehead atoms. The summed E-state index contributed by atoms with van der Waals surface area (Å²) in [5, 5.41) is 2.37. The number of carbonyl (C=O) groups excluding carboxylic acids is 2. The summed E-state index contributed by atoms with van der Waals surface area (Å²) in [7, 11) is 0. The summed E-state index contributed by atoms with van der Waals surface area (Å²) in [5.41, 5.74) is 2.01. The maximum atomic E-state index is 12.1. The molecule has 1 aromatic rings. The molecule has 3 rings (SSSR count). The number of benzene rings is 1. The van der Waals surface area contributed by atoms with Crippen LogP contribution >= 0.6 is 0 Å². The highest BCUT2D eigenvalue weighted by Gasteiger charge is 2.38. The molecule has 2 amide bonds. The van der Waals surface area contributed by atoms with Crippen molar-refractivity contribution in [3.05, 3.63) is 36.2 Å². The number of imide groups is 1. The normalized spacial score (nSPS) is 21.4. The van der Waals surface area contributed by atoms with E-state index in [9.17, 15) is 9.59 Å². The highest BCUT2D eigenvalue weighted by Crippen LogP contribution is 2.42. The summed E-state index contributed by atoms with van der Waals surface area (Å²) in [4.78, 5) is 25.1. The van der Waals surface area contributed by atoms with Gasteiger partial charge in [-0.05, 0) is 36.6 Å². The van der Waals surface area contributed by atoms with Crippen LogP contribution in [0.5, 0.6) is 5.75 Å². The van der Waals surface area contributed by atoms with Crippen molar-refractivity contribution in [2.75, 3.05) is 4.90 Å². The van der Waals surface area contributed by atoms with Crippen molar-refractivity contribution in [3.63, 3.8) is 0 Å². The molecule has 2 aliphatic heterocycles. The van der Waals surface area contributed by atoms with E-state index in [0.29, 0.717) is 24.6 Å². The molecule has 0 aromatic heterocycles. The zero-order valence-corrected chi connectivity index (χ0v) is 12.2. The average Bonchev–Trinajstić information content (AvgIpc) is 2.74. The first-order valence-corrected chi connectivity index (χ1v) is 7.11. The molecule has 2 aliphatic rings. The Morgan fingerprint density at radius 1 is 1.38 bits per heavy atom. The van der Waals surface area contributed by atoms with Gasteiger partial charge in [0.15, 0.2) is 11.6 Å². The smallest absolute Gasteiger partial charge is 0.249 e. The maximum Gasteiger partial charge on any atom is 0.249 e. The SMILES string of the molecule is C=C1Oc2cc(C(C)C)ccc2N1C1CCC(=O)NC1=O. The molecular weight excluding hydrogens is 268 g/mol. The van der Waals surface area contributed by atoms with E-state index in [2.05, 4.69) is 25.7 Å². The van der Waals surface area contributed by atoms with Gasteiger partial charge in [0.05, 0.1) is 5.69 Å². The summed E-state index contributed by atoms with van der Waals surface area (Å²) in [6, 6.07) is 5.52. The van der Waals surface area contributed by atoms with Crippen LogP contribution in [0.15, 0.2) is 30.7 Å². The van der Waals surface area contributed by atoms with E-state index in [-0.39, 0.29) is 11.8 Å². The topological polar surface area (TPSA) is 58.6 Å². The molecule has 5 heteroatoms. The number of carbonyl (C=O) groups is 2. The van der Waals surface area contributed by atoms with Crippen molar-refractivity contribution in [2.24, 2.45) is 0 Å². The predicted octanol–water partition coefficient (Wildman–Crippen LogP) is 2.29. The Morgan fingerprint density at radius 2 is 2.14 bits per heavy atom. The van der Waals surface area contributed by atoms with Crippen LogP contribution in [0.1, 0.15) is 38.2 Å². The Balaban J connectivity index is 1.94. The van der Waals surface area contributed by atoms with Crippen molar-refractivity contribution in [1.29, 1.82) is 0 Å². The number of nitrogens with one attached hydrogen (secondary N) is 1. The first-order chi connectivity index (χ1) is 9.97. The first kappa shape index (κ1) is 13.7. The van der Waals surface area contributed by atoms with Gasteiger partial charge in [0.25, 0.3) is 0 Å². The van der Waals surface area contributed by atoms with E-state index in [0.717, 1.165) is 11.4 Å². The fourth-order valence-electron chi connectivity index (χ4n) is 2.75. The standard InChI is InChI=1S/C16H18N2O3/c1-9(2)11-4-5-12-14(8-11)21-10(3)18(12)13-6-7-15(19)17-16(13)20/h4-5,8-9,13H,3,6-7H2,1-2H3,(H,17,19,20). The lowest BCUT2D eigenvalue weighted by Gasteiger charge is -2.30. The highest BCUT2D eigenvalue weighted by molar-refractivity contribution is 6.02. The van der Waals surface area contributed by atoms with E-state index in [1.807, 2.05) is 18.2 Å². The number of nitrogens with zero attached hydrogens (tertiary/aromatic N) is 1. The van der Waals surface area contributed by atoms with E-state index < -0.39 is 6.04 Å². The predicted molar refractivity (Wildman–Crippen MR) is 78.9 cm³/mol. The van der Waals surface area contributed by atoms with Crippen LogP contribution in [0, 0.1) is 0 Å². The van der Waals surface area contributed by atoms with E-state index in [4.69, 9.17) is 4.74 Å². The molecule has 1 aromatic carbocycles. The van der Waals surface area contributed by atoms with Crippen molar-refractivity contribution >= 4 is 17.5 Å². The minimum absolute atomic E-state index is 0.225. The molecule has 110 valence electrons. The molecule has 0 saturated carbocycles. The van der Waals surface area contributed by atoms with Crippen LogP contribution in [0.25, 0.3) is 0 Å². The van der Waals surface area contributed by atoms with Gasteiger partial charge in [-0.15, -0.1) is 0 Å². The third kappa shape index (κ3) is 2.28. The molecule has 1 saturated heterocycles. The quantitative estimate of drug-likeness (QED) is 0.847. The number of fused-ring (bicyclic) bond motifs is 1. The average molecular weight is 286 g/mol. The second kappa shape index (κ2) is 4.91. The summed E-state index contributed by atoms with van der Waals surface area (Å²) in [5.74, 6) is 1.03. The lowest BCUT2D eigenvalue weighted by Crippen LogP contribution is -2.51. The Kier molecular flexibility index (Phi) is 3.20. The number of ether oxygens (including phenoxy) is 1. The molecule has 21 heavy (non-hydrogen) atoms. The van der Waals surface area contributed by atoms with Crippen LogP contribution in [0.2, 0.25) is 0 Å². The van der Waals surface area contributed by atoms with E-state index >= 15 is 0 Å². The van der Waals surface area contributed by atoms with Crippen molar-refractivity contribution in [1.82, 2.24) is 5.32 Å². The van der Waals surface area contributed by atoms with Crippen molar-refractivity contribution in [3.8, 4) is 5.75 Å². The van der Waals surface area contributed by atoms with Gasteiger partial charge in [-0.3, -0.25) is 19.8 Å². The first-order valence-electron chi connectivity index (χ1n) is 7.11. The van der Waals surface area contributed by atoms with Gasteiger partial charge < -0.3 is 4.74 Å². The fourth-order valence-corrected chi connectivity index (χ4v) is 2.75. The Hall–Kier alpha value is -2.30. The van der Waals surface area contributed by atoms with E-state index in [1.54, 1.807) is 4.90 Å². The molecule has 0 aliphatic carbocycles. The lowest BCUT2D eigenvalue weighted by molar-refractivity contribution is -0.134. The molecule has 1 fully saturated rings. The number of amides is 2. The lowest BCUT2D eigenvalue weighted by atomic mass is 10.0. The highest BCUT2D eigenvalue weighted by atomic mass is 16.5. The molecule has 2 heterocycles. The van der Waals surface area contributed by atoms with E-state index in [1.165, 1.54) is 5.56 Å². The molecule has 0 spiro atoms. The minimum Gasteiger partial charge on any atom is -0.439 e. The van der Waals surface area contributed by atoms with Gasteiger partial charge in [-0.1, -0.05) is 19.9 Å². The zero-order chi connectivity index (χ0) is 15.1. The monoisotopic (exact) mass is 286 g/mol. The maximum absolute atomic E-state index is 12.1. The van der Waals surface area contributed by atoms with Crippen LogP contribution in [-0.2, 0) is 9.59 Å².